The Balaban J connectivity index is 1.43. The topological polar surface area (TPSA) is 83.5 Å². The molecule has 0 bridgehead atoms. The number of esters is 1. The van der Waals surface area contributed by atoms with Crippen LogP contribution in [0.5, 0.6) is 0 Å². The van der Waals surface area contributed by atoms with Crippen LogP contribution >= 0.6 is 0 Å². The Morgan fingerprint density at radius 3 is 1.86 bits per heavy atom. The zero-order chi connectivity index (χ0) is 20.1. The maximum atomic E-state index is 12.3. The van der Waals surface area contributed by atoms with Crippen molar-refractivity contribution in [2.45, 2.75) is 132 Å². The first-order chi connectivity index (χ1) is 14.0. The van der Waals surface area contributed by atoms with Gasteiger partial charge in [0.25, 0.3) is 0 Å². The predicted molar refractivity (Wildman–Crippen MR) is 102 cm³/mol. The van der Waals surface area contributed by atoms with Gasteiger partial charge in [-0.3, -0.25) is 4.79 Å². The van der Waals surface area contributed by atoms with Gasteiger partial charge in [-0.1, -0.05) is 19.8 Å². The number of aliphatic hydroxyl groups excluding tert-OH is 1. The average molecular weight is 411 g/mol. The standard InChI is InChI=1S/C22H34O7/c1-2-9-14(23)25-16-15(24)17-19(28-21(26-17)10-5-3-6-11-21)20-18(16)27-22(29-20)12-7-4-8-13-22/h15-20,24H,2-13H2,1H3/t15-,16?,17?,18-,19-,20-/m0/s1. The van der Waals surface area contributed by atoms with Crippen molar-refractivity contribution in [2.75, 3.05) is 0 Å². The molecule has 0 aromatic heterocycles. The van der Waals surface area contributed by atoms with Gasteiger partial charge in [-0.25, -0.2) is 0 Å². The second-order valence-corrected chi connectivity index (χ2v) is 9.47. The van der Waals surface area contributed by atoms with Gasteiger partial charge >= 0.3 is 5.97 Å². The van der Waals surface area contributed by atoms with Crippen LogP contribution in [0, 0.1) is 0 Å². The molecule has 0 aromatic rings. The molecule has 5 aliphatic rings. The number of ether oxygens (including phenoxy) is 5. The highest BCUT2D eigenvalue weighted by Crippen LogP contribution is 2.51. The van der Waals surface area contributed by atoms with E-state index < -0.39 is 42.1 Å². The van der Waals surface area contributed by atoms with E-state index in [2.05, 4.69) is 0 Å². The summed E-state index contributed by atoms with van der Waals surface area (Å²) >= 11 is 0. The predicted octanol–water partition coefficient (Wildman–Crippen LogP) is 2.96. The van der Waals surface area contributed by atoms with Crippen LogP contribution in [0.2, 0.25) is 0 Å². The average Bonchev–Trinajstić information content (AvgIpc) is 3.26. The van der Waals surface area contributed by atoms with Gasteiger partial charge < -0.3 is 28.8 Å². The van der Waals surface area contributed by atoms with Crippen LogP contribution < -0.4 is 0 Å². The van der Waals surface area contributed by atoms with E-state index in [0.29, 0.717) is 12.8 Å². The van der Waals surface area contributed by atoms with E-state index in [0.717, 1.165) is 51.4 Å². The molecular formula is C22H34O7. The highest BCUT2D eigenvalue weighted by Gasteiger charge is 2.67. The summed E-state index contributed by atoms with van der Waals surface area (Å²) in [6, 6.07) is 0. The van der Waals surface area contributed by atoms with Gasteiger partial charge in [-0.05, 0) is 32.1 Å². The lowest BCUT2D eigenvalue weighted by atomic mass is 9.85. The quantitative estimate of drug-likeness (QED) is 0.716. The Hall–Kier alpha value is -0.730. The van der Waals surface area contributed by atoms with Crippen molar-refractivity contribution in [3.05, 3.63) is 0 Å². The fraction of sp³-hybridized carbons (Fsp3) is 0.955. The van der Waals surface area contributed by atoms with Gasteiger partial charge in [0.1, 0.15) is 30.5 Å². The van der Waals surface area contributed by atoms with Gasteiger partial charge in [0, 0.05) is 32.1 Å². The molecule has 7 heteroatoms. The number of hydrogen-bond acceptors (Lipinski definition) is 7. The van der Waals surface area contributed by atoms with Gasteiger partial charge in [0.15, 0.2) is 17.7 Å². The minimum Gasteiger partial charge on any atom is -0.457 e. The van der Waals surface area contributed by atoms with Crippen molar-refractivity contribution in [3.63, 3.8) is 0 Å². The first-order valence-electron chi connectivity index (χ1n) is 11.6. The van der Waals surface area contributed by atoms with Crippen LogP contribution in [0.25, 0.3) is 0 Å². The monoisotopic (exact) mass is 410 g/mol. The second-order valence-electron chi connectivity index (χ2n) is 9.47. The Labute approximate surface area is 172 Å². The molecule has 7 nitrogen and oxygen atoms in total. The summed E-state index contributed by atoms with van der Waals surface area (Å²) in [5.41, 5.74) is 0. The van der Waals surface area contributed by atoms with Crippen LogP contribution in [-0.2, 0) is 28.5 Å². The van der Waals surface area contributed by atoms with Crippen molar-refractivity contribution in [1.29, 1.82) is 0 Å². The van der Waals surface area contributed by atoms with E-state index in [4.69, 9.17) is 23.7 Å². The van der Waals surface area contributed by atoms with E-state index >= 15 is 0 Å². The summed E-state index contributed by atoms with van der Waals surface area (Å²) in [6.07, 6.45) is 7.28. The van der Waals surface area contributed by atoms with Crippen LogP contribution in [0.1, 0.15) is 84.0 Å². The summed E-state index contributed by atoms with van der Waals surface area (Å²) in [5, 5.41) is 11.2. The summed E-state index contributed by atoms with van der Waals surface area (Å²) in [7, 11) is 0. The molecule has 2 spiro atoms. The molecule has 2 saturated heterocycles. The van der Waals surface area contributed by atoms with E-state index in [1.807, 2.05) is 6.92 Å². The molecule has 3 aliphatic carbocycles. The highest BCUT2D eigenvalue weighted by atomic mass is 16.8. The Morgan fingerprint density at radius 2 is 1.31 bits per heavy atom. The Morgan fingerprint density at radius 1 is 0.828 bits per heavy atom. The first-order valence-corrected chi connectivity index (χ1v) is 11.6. The maximum absolute atomic E-state index is 12.3. The zero-order valence-electron chi connectivity index (χ0n) is 17.3. The second kappa shape index (κ2) is 7.75. The van der Waals surface area contributed by atoms with Crippen LogP contribution in [-0.4, -0.2) is 59.3 Å². The summed E-state index contributed by atoms with van der Waals surface area (Å²) in [5.74, 6) is -1.61. The highest BCUT2D eigenvalue weighted by molar-refractivity contribution is 5.69. The molecule has 5 fully saturated rings. The van der Waals surface area contributed by atoms with E-state index in [9.17, 15) is 9.90 Å². The maximum Gasteiger partial charge on any atom is 0.306 e. The minimum absolute atomic E-state index is 0.312. The summed E-state index contributed by atoms with van der Waals surface area (Å²) in [6.45, 7) is 1.93. The number of rotatable bonds is 3. The number of hydrogen-bond donors (Lipinski definition) is 1. The van der Waals surface area contributed by atoms with E-state index in [1.165, 1.54) is 12.8 Å². The number of carbonyl (C=O) groups excluding carboxylic acids is 1. The zero-order valence-corrected chi connectivity index (χ0v) is 17.3. The molecule has 6 atom stereocenters. The van der Waals surface area contributed by atoms with Crippen LogP contribution in [0.15, 0.2) is 0 Å². The van der Waals surface area contributed by atoms with Crippen LogP contribution in [0.3, 0.4) is 0 Å². The normalized spacial score (nSPS) is 42.6. The number of fused-ring (bicyclic) bond motifs is 3. The molecule has 2 aliphatic heterocycles. The Bertz CT molecular complexity index is 610. The molecule has 3 saturated carbocycles. The third-order valence-electron chi connectivity index (χ3n) is 7.32. The van der Waals surface area contributed by atoms with Crippen molar-refractivity contribution >= 4 is 5.97 Å². The molecule has 2 heterocycles. The van der Waals surface area contributed by atoms with Crippen molar-refractivity contribution in [2.24, 2.45) is 0 Å². The third-order valence-corrected chi connectivity index (χ3v) is 7.32. The smallest absolute Gasteiger partial charge is 0.306 e. The van der Waals surface area contributed by atoms with Crippen molar-refractivity contribution < 1.29 is 33.6 Å². The fourth-order valence-electron chi connectivity index (χ4n) is 5.93. The van der Waals surface area contributed by atoms with Crippen molar-refractivity contribution in [3.8, 4) is 0 Å². The lowest BCUT2D eigenvalue weighted by Gasteiger charge is -2.40. The summed E-state index contributed by atoms with van der Waals surface area (Å²) in [4.78, 5) is 12.3. The largest absolute Gasteiger partial charge is 0.457 e. The number of aliphatic hydroxyl groups is 1. The third kappa shape index (κ3) is 3.53. The molecular weight excluding hydrogens is 376 g/mol. The van der Waals surface area contributed by atoms with Gasteiger partial charge in [0.2, 0.25) is 0 Å². The Kier molecular flexibility index (Phi) is 5.40. The SMILES string of the molecule is CCCC(=O)OC1[C@H](O)C2OC3(CCCCC3)O[C@@H]2[C@H]2OC3(CCCCC3)O[C@@H]12. The molecule has 164 valence electrons. The molecule has 2 unspecified atom stereocenters. The van der Waals surface area contributed by atoms with Crippen molar-refractivity contribution in [1.82, 2.24) is 0 Å². The molecule has 0 radical (unpaired) electrons. The molecule has 5 rings (SSSR count). The van der Waals surface area contributed by atoms with E-state index in [-0.39, 0.29) is 12.1 Å². The molecule has 29 heavy (non-hydrogen) atoms. The first kappa shape index (κ1) is 20.2. The van der Waals surface area contributed by atoms with E-state index in [1.54, 1.807) is 0 Å². The summed E-state index contributed by atoms with van der Waals surface area (Å²) < 4.78 is 31.6. The molecule has 0 amide bonds. The fourth-order valence-corrected chi connectivity index (χ4v) is 5.93. The van der Waals surface area contributed by atoms with Crippen LogP contribution in [0.4, 0.5) is 0 Å². The number of carbonyl (C=O) groups is 1. The van der Waals surface area contributed by atoms with Gasteiger partial charge in [0.05, 0.1) is 0 Å². The minimum atomic E-state index is -0.981. The van der Waals surface area contributed by atoms with Gasteiger partial charge in [-0.2, -0.15) is 0 Å². The van der Waals surface area contributed by atoms with Gasteiger partial charge in [-0.15, -0.1) is 0 Å². The molecule has 0 aromatic carbocycles. The lowest BCUT2D eigenvalue weighted by molar-refractivity contribution is -0.226. The lowest BCUT2D eigenvalue weighted by Crippen LogP contribution is -2.62. The molecule has 1 N–H and O–H groups in total.